The largest absolute Gasteiger partial charge is 0.381 e. The van der Waals surface area contributed by atoms with Gasteiger partial charge in [-0.2, -0.15) is 0 Å². The quantitative estimate of drug-likeness (QED) is 0.709. The fourth-order valence-electron chi connectivity index (χ4n) is 3.79. The Balaban J connectivity index is 1.39. The van der Waals surface area contributed by atoms with Gasteiger partial charge in [-0.15, -0.1) is 0 Å². The molecule has 0 spiro atoms. The molecule has 25 heavy (non-hydrogen) atoms. The SMILES string of the molecule is c1ccc(CC2CCc3cc(CNc4ccncc4)ccc3C2)cc1. The number of anilines is 1. The number of rotatable bonds is 5. The Morgan fingerprint density at radius 3 is 2.56 bits per heavy atom. The molecule has 2 aromatic carbocycles. The molecule has 0 radical (unpaired) electrons. The second-order valence-corrected chi connectivity index (χ2v) is 6.99. The van der Waals surface area contributed by atoms with E-state index in [1.54, 1.807) is 11.1 Å². The minimum Gasteiger partial charge on any atom is -0.381 e. The zero-order valence-electron chi connectivity index (χ0n) is 14.5. The summed E-state index contributed by atoms with van der Waals surface area (Å²) in [4.78, 5) is 4.06. The highest BCUT2D eigenvalue weighted by molar-refractivity contribution is 5.43. The van der Waals surface area contributed by atoms with Crippen LogP contribution in [0.5, 0.6) is 0 Å². The van der Waals surface area contributed by atoms with Crippen molar-refractivity contribution in [2.24, 2.45) is 5.92 Å². The molecule has 0 fully saturated rings. The van der Waals surface area contributed by atoms with Gasteiger partial charge in [0, 0.05) is 24.6 Å². The van der Waals surface area contributed by atoms with E-state index in [1.807, 2.05) is 24.5 Å². The molecular weight excluding hydrogens is 304 g/mol. The maximum Gasteiger partial charge on any atom is 0.0400 e. The van der Waals surface area contributed by atoms with Gasteiger partial charge in [0.25, 0.3) is 0 Å². The number of pyridine rings is 1. The van der Waals surface area contributed by atoms with Crippen molar-refractivity contribution in [3.8, 4) is 0 Å². The van der Waals surface area contributed by atoms with E-state index in [4.69, 9.17) is 0 Å². The molecule has 0 amide bonds. The van der Waals surface area contributed by atoms with E-state index in [0.717, 1.165) is 18.2 Å². The van der Waals surface area contributed by atoms with E-state index in [9.17, 15) is 0 Å². The predicted molar refractivity (Wildman–Crippen MR) is 104 cm³/mol. The molecule has 3 aromatic rings. The van der Waals surface area contributed by atoms with E-state index >= 15 is 0 Å². The Morgan fingerprint density at radius 2 is 1.72 bits per heavy atom. The molecule has 1 heterocycles. The van der Waals surface area contributed by atoms with Crippen LogP contribution in [-0.2, 0) is 25.8 Å². The summed E-state index contributed by atoms with van der Waals surface area (Å²) in [7, 11) is 0. The molecule has 1 aliphatic carbocycles. The number of benzene rings is 2. The van der Waals surface area contributed by atoms with Gasteiger partial charge in [-0.1, -0.05) is 48.5 Å². The van der Waals surface area contributed by atoms with Gasteiger partial charge in [0.2, 0.25) is 0 Å². The van der Waals surface area contributed by atoms with E-state index in [1.165, 1.54) is 36.8 Å². The molecular formula is C23H24N2. The third-order valence-electron chi connectivity index (χ3n) is 5.15. The van der Waals surface area contributed by atoms with Crippen LogP contribution in [0.25, 0.3) is 0 Å². The number of aromatic nitrogens is 1. The first-order valence-electron chi connectivity index (χ1n) is 9.15. The second kappa shape index (κ2) is 7.52. The van der Waals surface area contributed by atoms with Gasteiger partial charge in [-0.3, -0.25) is 4.98 Å². The third kappa shape index (κ3) is 4.08. The lowest BCUT2D eigenvalue weighted by Crippen LogP contribution is -2.17. The maximum absolute atomic E-state index is 4.06. The van der Waals surface area contributed by atoms with E-state index in [-0.39, 0.29) is 0 Å². The first kappa shape index (κ1) is 15.9. The van der Waals surface area contributed by atoms with Crippen molar-refractivity contribution in [1.29, 1.82) is 0 Å². The van der Waals surface area contributed by atoms with Crippen LogP contribution in [0.2, 0.25) is 0 Å². The van der Waals surface area contributed by atoms with E-state index in [0.29, 0.717) is 0 Å². The highest BCUT2D eigenvalue weighted by Gasteiger charge is 2.19. The highest BCUT2D eigenvalue weighted by Crippen LogP contribution is 2.29. The van der Waals surface area contributed by atoms with Crippen LogP contribution in [0.1, 0.15) is 28.7 Å². The summed E-state index contributed by atoms with van der Waals surface area (Å²) >= 11 is 0. The van der Waals surface area contributed by atoms with Crippen molar-refractivity contribution in [2.75, 3.05) is 5.32 Å². The Labute approximate surface area is 149 Å². The van der Waals surface area contributed by atoms with Gasteiger partial charge in [-0.05, 0) is 66.0 Å². The Bertz CT molecular complexity index is 812. The van der Waals surface area contributed by atoms with Crippen LogP contribution in [-0.4, -0.2) is 4.98 Å². The average molecular weight is 328 g/mol. The zero-order valence-corrected chi connectivity index (χ0v) is 14.5. The van der Waals surface area contributed by atoms with Crippen molar-refractivity contribution in [2.45, 2.75) is 32.2 Å². The lowest BCUT2D eigenvalue weighted by molar-refractivity contribution is 0.456. The number of hydrogen-bond acceptors (Lipinski definition) is 2. The van der Waals surface area contributed by atoms with Gasteiger partial charge < -0.3 is 5.32 Å². The topological polar surface area (TPSA) is 24.9 Å². The van der Waals surface area contributed by atoms with Crippen LogP contribution in [0.15, 0.2) is 73.1 Å². The van der Waals surface area contributed by atoms with Crippen LogP contribution in [0, 0.1) is 5.92 Å². The molecule has 2 heteroatoms. The lowest BCUT2D eigenvalue weighted by atomic mass is 9.80. The van der Waals surface area contributed by atoms with Crippen LogP contribution >= 0.6 is 0 Å². The van der Waals surface area contributed by atoms with Crippen molar-refractivity contribution in [3.63, 3.8) is 0 Å². The lowest BCUT2D eigenvalue weighted by Gasteiger charge is -2.25. The monoisotopic (exact) mass is 328 g/mol. The number of nitrogens with one attached hydrogen (secondary N) is 1. The summed E-state index contributed by atoms with van der Waals surface area (Å²) in [6, 6.07) is 21.9. The first-order valence-corrected chi connectivity index (χ1v) is 9.15. The van der Waals surface area contributed by atoms with Gasteiger partial charge in [0.15, 0.2) is 0 Å². The maximum atomic E-state index is 4.06. The zero-order chi connectivity index (χ0) is 16.9. The van der Waals surface area contributed by atoms with Crippen molar-refractivity contribution >= 4 is 5.69 Å². The van der Waals surface area contributed by atoms with Crippen LogP contribution < -0.4 is 5.32 Å². The molecule has 0 saturated heterocycles. The molecule has 126 valence electrons. The average Bonchev–Trinajstić information content (AvgIpc) is 2.68. The summed E-state index contributed by atoms with van der Waals surface area (Å²) < 4.78 is 0. The Hall–Kier alpha value is -2.61. The van der Waals surface area contributed by atoms with Crippen molar-refractivity contribution in [1.82, 2.24) is 4.98 Å². The van der Waals surface area contributed by atoms with Gasteiger partial charge in [0.05, 0.1) is 0 Å². The van der Waals surface area contributed by atoms with Crippen LogP contribution in [0.3, 0.4) is 0 Å². The molecule has 1 unspecified atom stereocenters. The molecule has 0 bridgehead atoms. The second-order valence-electron chi connectivity index (χ2n) is 6.99. The number of hydrogen-bond donors (Lipinski definition) is 1. The molecule has 1 aromatic heterocycles. The Kier molecular flexibility index (Phi) is 4.78. The molecule has 0 aliphatic heterocycles. The molecule has 1 N–H and O–H groups in total. The van der Waals surface area contributed by atoms with Gasteiger partial charge in [0.1, 0.15) is 0 Å². The summed E-state index contributed by atoms with van der Waals surface area (Å²) in [5.74, 6) is 0.774. The summed E-state index contributed by atoms with van der Waals surface area (Å²) in [5, 5.41) is 3.47. The van der Waals surface area contributed by atoms with E-state index < -0.39 is 0 Å². The minimum atomic E-state index is 0.774. The van der Waals surface area contributed by atoms with E-state index in [2.05, 4.69) is 58.8 Å². The summed E-state index contributed by atoms with van der Waals surface area (Å²) in [5.41, 5.74) is 7.03. The predicted octanol–water partition coefficient (Wildman–Crippen LogP) is 5.04. The normalized spacial score (nSPS) is 16.2. The molecule has 1 atom stereocenters. The molecule has 0 saturated carbocycles. The molecule has 2 nitrogen and oxygen atoms in total. The van der Waals surface area contributed by atoms with Gasteiger partial charge in [-0.25, -0.2) is 0 Å². The minimum absolute atomic E-state index is 0.774. The van der Waals surface area contributed by atoms with Crippen molar-refractivity contribution in [3.05, 3.63) is 95.3 Å². The number of aryl methyl sites for hydroxylation is 1. The Morgan fingerprint density at radius 1 is 0.880 bits per heavy atom. The summed E-state index contributed by atoms with van der Waals surface area (Å²) in [6.45, 7) is 0.866. The number of nitrogens with zero attached hydrogens (tertiary/aromatic N) is 1. The molecule has 1 aliphatic rings. The highest BCUT2D eigenvalue weighted by atomic mass is 14.9. The smallest absolute Gasteiger partial charge is 0.0400 e. The number of fused-ring (bicyclic) bond motifs is 1. The van der Waals surface area contributed by atoms with Gasteiger partial charge >= 0.3 is 0 Å². The fraction of sp³-hybridized carbons (Fsp3) is 0.261. The van der Waals surface area contributed by atoms with Crippen LogP contribution in [0.4, 0.5) is 5.69 Å². The first-order chi connectivity index (χ1) is 12.4. The summed E-state index contributed by atoms with van der Waals surface area (Å²) in [6.07, 6.45) is 8.55. The molecule has 4 rings (SSSR count). The third-order valence-corrected chi connectivity index (χ3v) is 5.15. The fourth-order valence-corrected chi connectivity index (χ4v) is 3.79. The standard InChI is InChI=1S/C23H24N2/c1-2-4-18(5-3-1)14-19-6-8-22-16-20(7-9-21(22)15-19)17-25-23-10-12-24-13-11-23/h1-5,7,9-13,16,19H,6,8,14-15,17H2,(H,24,25). The van der Waals surface area contributed by atoms with Crippen molar-refractivity contribution < 1.29 is 0 Å².